The summed E-state index contributed by atoms with van der Waals surface area (Å²) in [5.74, 6) is -0.454. The third-order valence-corrected chi connectivity index (χ3v) is 3.19. The first-order valence-corrected chi connectivity index (χ1v) is 6.28. The van der Waals surface area contributed by atoms with Gasteiger partial charge in [-0.05, 0) is 19.1 Å². The second-order valence-electron chi connectivity index (χ2n) is 4.01. The van der Waals surface area contributed by atoms with Gasteiger partial charge in [0.25, 0.3) is 0 Å². The zero-order valence-corrected chi connectivity index (χ0v) is 11.0. The van der Waals surface area contributed by atoms with E-state index < -0.39 is 5.97 Å². The molecule has 19 heavy (non-hydrogen) atoms. The van der Waals surface area contributed by atoms with E-state index in [2.05, 4.69) is 9.97 Å². The van der Waals surface area contributed by atoms with Crippen LogP contribution in [0.3, 0.4) is 0 Å². The second-order valence-corrected chi connectivity index (χ2v) is 4.39. The largest absolute Gasteiger partial charge is 0.462 e. The van der Waals surface area contributed by atoms with E-state index in [-0.39, 0.29) is 4.64 Å². The summed E-state index contributed by atoms with van der Waals surface area (Å²) in [6, 6.07) is 7.72. The smallest absolute Gasteiger partial charge is 0.344 e. The molecule has 3 rings (SSSR count). The fourth-order valence-electron chi connectivity index (χ4n) is 2.06. The number of aromatic amines is 1. The molecule has 1 N–H and O–H groups in total. The highest BCUT2D eigenvalue weighted by Gasteiger charge is 2.17. The number of imidazole rings is 1. The van der Waals surface area contributed by atoms with Gasteiger partial charge in [0.1, 0.15) is 22.2 Å². The number of hydrogen-bond acceptors (Lipinski definition) is 4. The standard InChI is InChI=1S/C13H11N3O2S/c1-2-18-13(17)10-11-15-8-5-3-4-6-9(8)16(11)7-14-12(10)19/h3-7,15H,2H2,1H3. The summed E-state index contributed by atoms with van der Waals surface area (Å²) in [6.45, 7) is 2.06. The van der Waals surface area contributed by atoms with Gasteiger partial charge in [-0.1, -0.05) is 24.4 Å². The molecule has 2 heterocycles. The Morgan fingerprint density at radius 1 is 1.47 bits per heavy atom. The van der Waals surface area contributed by atoms with Crippen molar-refractivity contribution >= 4 is 34.9 Å². The Labute approximate surface area is 113 Å². The molecule has 0 aliphatic carbocycles. The molecular formula is C13H11N3O2S. The van der Waals surface area contributed by atoms with Crippen LogP contribution in [-0.2, 0) is 4.74 Å². The van der Waals surface area contributed by atoms with Gasteiger partial charge >= 0.3 is 5.97 Å². The number of fused-ring (bicyclic) bond motifs is 3. The van der Waals surface area contributed by atoms with Crippen molar-refractivity contribution in [3.05, 3.63) is 40.8 Å². The van der Waals surface area contributed by atoms with Crippen LogP contribution in [-0.4, -0.2) is 26.9 Å². The number of hydrogen-bond donors (Lipinski definition) is 1. The quantitative estimate of drug-likeness (QED) is 0.576. The number of H-pyrrole nitrogens is 1. The molecule has 0 saturated heterocycles. The van der Waals surface area contributed by atoms with Crippen LogP contribution >= 0.6 is 12.2 Å². The van der Waals surface area contributed by atoms with E-state index >= 15 is 0 Å². The zero-order valence-electron chi connectivity index (χ0n) is 10.2. The Hall–Kier alpha value is -2.21. The fourth-order valence-corrected chi connectivity index (χ4v) is 2.29. The number of nitrogens with zero attached hydrogens (tertiary/aromatic N) is 2. The van der Waals surface area contributed by atoms with Crippen LogP contribution in [0.5, 0.6) is 0 Å². The molecule has 0 aliphatic rings. The number of carbonyl (C=O) groups excluding carboxylic acids is 1. The van der Waals surface area contributed by atoms with Gasteiger partial charge in [-0.3, -0.25) is 4.40 Å². The number of ether oxygens (including phenoxy) is 1. The lowest BCUT2D eigenvalue weighted by molar-refractivity contribution is 0.0527. The van der Waals surface area contributed by atoms with Crippen molar-refractivity contribution in [2.75, 3.05) is 6.61 Å². The van der Waals surface area contributed by atoms with Crippen molar-refractivity contribution in [1.29, 1.82) is 0 Å². The van der Waals surface area contributed by atoms with Gasteiger partial charge in [0, 0.05) is 0 Å². The van der Waals surface area contributed by atoms with Gasteiger partial charge < -0.3 is 9.72 Å². The lowest BCUT2D eigenvalue weighted by Gasteiger charge is -2.03. The SMILES string of the molecule is CCOC(=O)c1c(=S)ncn2c1[nH]c1ccccc12. The van der Waals surface area contributed by atoms with Crippen molar-refractivity contribution < 1.29 is 9.53 Å². The average Bonchev–Trinajstić information content (AvgIpc) is 2.76. The van der Waals surface area contributed by atoms with Crippen molar-refractivity contribution in [1.82, 2.24) is 14.4 Å². The highest BCUT2D eigenvalue weighted by Crippen LogP contribution is 2.19. The number of carbonyl (C=O) groups is 1. The Kier molecular flexibility index (Phi) is 2.79. The highest BCUT2D eigenvalue weighted by atomic mass is 32.1. The molecule has 0 aliphatic heterocycles. The Morgan fingerprint density at radius 3 is 3.05 bits per heavy atom. The molecule has 0 radical (unpaired) electrons. The number of rotatable bonds is 2. The molecule has 0 unspecified atom stereocenters. The van der Waals surface area contributed by atoms with Crippen LogP contribution < -0.4 is 0 Å². The molecule has 5 nitrogen and oxygen atoms in total. The minimum absolute atomic E-state index is 0.241. The second kappa shape index (κ2) is 4.47. The van der Waals surface area contributed by atoms with Crippen molar-refractivity contribution in [2.45, 2.75) is 6.92 Å². The Morgan fingerprint density at radius 2 is 2.26 bits per heavy atom. The lowest BCUT2D eigenvalue weighted by Crippen LogP contribution is -2.09. The first-order valence-electron chi connectivity index (χ1n) is 5.87. The molecule has 0 saturated carbocycles. The first kappa shape index (κ1) is 11.9. The van der Waals surface area contributed by atoms with Gasteiger partial charge in [-0.15, -0.1) is 0 Å². The monoisotopic (exact) mass is 273 g/mol. The summed E-state index contributed by atoms with van der Waals surface area (Å²) in [6.07, 6.45) is 1.61. The van der Waals surface area contributed by atoms with Crippen LogP contribution in [0.1, 0.15) is 17.3 Å². The first-order chi connectivity index (χ1) is 9.22. The molecule has 1 aromatic carbocycles. The third kappa shape index (κ3) is 1.80. The molecule has 6 heteroatoms. The van der Waals surface area contributed by atoms with Gasteiger partial charge in [-0.25, -0.2) is 9.78 Å². The minimum atomic E-state index is -0.454. The Bertz CT molecular complexity index is 835. The molecule has 0 fully saturated rings. The molecular weight excluding hydrogens is 262 g/mol. The predicted molar refractivity (Wildman–Crippen MR) is 73.8 cm³/mol. The number of para-hydroxylation sites is 2. The van der Waals surface area contributed by atoms with Crippen LogP contribution in [0.25, 0.3) is 16.7 Å². The number of esters is 1. The van der Waals surface area contributed by atoms with E-state index in [1.54, 1.807) is 17.7 Å². The van der Waals surface area contributed by atoms with Crippen LogP contribution in [0.15, 0.2) is 30.6 Å². The maximum Gasteiger partial charge on any atom is 0.344 e. The Balaban J connectivity index is 2.40. The number of benzene rings is 1. The topological polar surface area (TPSA) is 59.4 Å². The van der Waals surface area contributed by atoms with E-state index in [1.165, 1.54) is 0 Å². The number of nitrogens with one attached hydrogen (secondary N) is 1. The van der Waals surface area contributed by atoms with E-state index in [0.717, 1.165) is 11.0 Å². The van der Waals surface area contributed by atoms with E-state index in [0.29, 0.717) is 17.8 Å². The third-order valence-electron chi connectivity index (χ3n) is 2.88. The molecule has 0 atom stereocenters. The average molecular weight is 273 g/mol. The van der Waals surface area contributed by atoms with Crippen molar-refractivity contribution in [3.63, 3.8) is 0 Å². The molecule has 0 amide bonds. The maximum absolute atomic E-state index is 12.0. The van der Waals surface area contributed by atoms with E-state index in [9.17, 15) is 4.79 Å². The summed E-state index contributed by atoms with van der Waals surface area (Å²) in [5, 5.41) is 0. The highest BCUT2D eigenvalue weighted by molar-refractivity contribution is 7.71. The fraction of sp³-hybridized carbons (Fsp3) is 0.154. The van der Waals surface area contributed by atoms with E-state index in [4.69, 9.17) is 17.0 Å². The van der Waals surface area contributed by atoms with E-state index in [1.807, 2.05) is 24.3 Å². The number of aromatic nitrogens is 3. The predicted octanol–water partition coefficient (Wildman–Crippen LogP) is 2.72. The summed E-state index contributed by atoms with van der Waals surface area (Å²) in [7, 11) is 0. The minimum Gasteiger partial charge on any atom is -0.462 e. The lowest BCUT2D eigenvalue weighted by atomic mass is 10.3. The van der Waals surface area contributed by atoms with Crippen molar-refractivity contribution in [2.24, 2.45) is 0 Å². The summed E-state index contributed by atoms with van der Waals surface area (Å²) >= 11 is 5.13. The molecule has 3 aromatic rings. The maximum atomic E-state index is 12.0. The van der Waals surface area contributed by atoms with Gasteiger partial charge in [0.05, 0.1) is 17.6 Å². The summed E-state index contributed by atoms with van der Waals surface area (Å²) in [4.78, 5) is 19.3. The normalized spacial score (nSPS) is 11.0. The van der Waals surface area contributed by atoms with Gasteiger partial charge in [0.15, 0.2) is 0 Å². The zero-order chi connectivity index (χ0) is 13.4. The summed E-state index contributed by atoms with van der Waals surface area (Å²) in [5.41, 5.74) is 2.76. The molecule has 0 spiro atoms. The van der Waals surface area contributed by atoms with Crippen LogP contribution in [0.2, 0.25) is 0 Å². The van der Waals surface area contributed by atoms with Crippen molar-refractivity contribution in [3.8, 4) is 0 Å². The van der Waals surface area contributed by atoms with Gasteiger partial charge in [-0.2, -0.15) is 0 Å². The van der Waals surface area contributed by atoms with Crippen LogP contribution in [0.4, 0.5) is 0 Å². The molecule has 2 aromatic heterocycles. The molecule has 96 valence electrons. The van der Waals surface area contributed by atoms with Gasteiger partial charge in [0.2, 0.25) is 0 Å². The molecule has 0 bridgehead atoms. The van der Waals surface area contributed by atoms with Crippen LogP contribution in [0, 0.1) is 4.64 Å². The summed E-state index contributed by atoms with van der Waals surface area (Å²) < 4.78 is 7.08.